The van der Waals surface area contributed by atoms with Crippen molar-refractivity contribution in [2.24, 2.45) is 17.8 Å². The highest BCUT2D eigenvalue weighted by atomic mass is 79.9. The summed E-state index contributed by atoms with van der Waals surface area (Å²) in [5.41, 5.74) is 0. The van der Waals surface area contributed by atoms with Crippen LogP contribution in [0.2, 0.25) is 0 Å². The molecule has 0 bridgehead atoms. The molecule has 2 rings (SSSR count). The second-order valence-corrected chi connectivity index (χ2v) is 6.05. The highest BCUT2D eigenvalue weighted by molar-refractivity contribution is 9.10. The zero-order valence-corrected chi connectivity index (χ0v) is 11.4. The number of furan rings is 1. The zero-order chi connectivity index (χ0) is 11.7. The van der Waals surface area contributed by atoms with Gasteiger partial charge in [0.05, 0.1) is 0 Å². The number of aliphatic hydroxyl groups excluding tert-OH is 1. The van der Waals surface area contributed by atoms with E-state index < -0.39 is 6.10 Å². The first kappa shape index (κ1) is 12.2. The van der Waals surface area contributed by atoms with Crippen LogP contribution < -0.4 is 0 Å². The monoisotopic (exact) mass is 286 g/mol. The van der Waals surface area contributed by atoms with Crippen molar-refractivity contribution in [1.82, 2.24) is 0 Å². The van der Waals surface area contributed by atoms with Gasteiger partial charge in [0.15, 0.2) is 4.67 Å². The van der Waals surface area contributed by atoms with Crippen LogP contribution in [0.4, 0.5) is 0 Å². The van der Waals surface area contributed by atoms with Crippen LogP contribution in [-0.4, -0.2) is 5.11 Å². The van der Waals surface area contributed by atoms with Gasteiger partial charge in [-0.25, -0.2) is 0 Å². The normalized spacial score (nSPS) is 32.6. The van der Waals surface area contributed by atoms with Crippen molar-refractivity contribution in [3.63, 3.8) is 0 Å². The Morgan fingerprint density at radius 3 is 2.38 bits per heavy atom. The number of halogens is 1. The van der Waals surface area contributed by atoms with E-state index in [4.69, 9.17) is 4.42 Å². The third kappa shape index (κ3) is 2.69. The summed E-state index contributed by atoms with van der Waals surface area (Å²) < 4.78 is 6.13. The van der Waals surface area contributed by atoms with E-state index in [1.54, 1.807) is 0 Å². The molecule has 90 valence electrons. The molecular formula is C13H19BrO2. The fourth-order valence-corrected chi connectivity index (χ4v) is 3.31. The van der Waals surface area contributed by atoms with Crippen molar-refractivity contribution in [1.29, 1.82) is 0 Å². The molecule has 16 heavy (non-hydrogen) atoms. The summed E-state index contributed by atoms with van der Waals surface area (Å²) in [4.78, 5) is 0. The van der Waals surface area contributed by atoms with E-state index in [0.717, 1.165) is 12.8 Å². The van der Waals surface area contributed by atoms with Crippen LogP contribution >= 0.6 is 15.9 Å². The highest BCUT2D eigenvalue weighted by Gasteiger charge is 2.31. The average molecular weight is 287 g/mol. The quantitative estimate of drug-likeness (QED) is 0.886. The topological polar surface area (TPSA) is 33.4 Å². The first-order chi connectivity index (χ1) is 7.56. The second kappa shape index (κ2) is 4.92. The van der Waals surface area contributed by atoms with E-state index in [2.05, 4.69) is 29.8 Å². The molecule has 0 saturated heterocycles. The first-order valence-electron chi connectivity index (χ1n) is 5.99. The van der Waals surface area contributed by atoms with E-state index in [0.29, 0.717) is 28.2 Å². The van der Waals surface area contributed by atoms with Gasteiger partial charge < -0.3 is 9.52 Å². The van der Waals surface area contributed by atoms with Crippen LogP contribution in [0.3, 0.4) is 0 Å². The van der Waals surface area contributed by atoms with Crippen molar-refractivity contribution in [2.45, 2.75) is 39.2 Å². The van der Waals surface area contributed by atoms with Crippen molar-refractivity contribution < 1.29 is 9.52 Å². The molecule has 0 spiro atoms. The summed E-state index contributed by atoms with van der Waals surface area (Å²) in [6, 6.07) is 3.70. The Kier molecular flexibility index (Phi) is 3.75. The summed E-state index contributed by atoms with van der Waals surface area (Å²) >= 11 is 3.27. The minimum Gasteiger partial charge on any atom is -0.452 e. The van der Waals surface area contributed by atoms with Crippen molar-refractivity contribution in [2.75, 3.05) is 0 Å². The zero-order valence-electron chi connectivity index (χ0n) is 9.82. The number of hydrogen-bond acceptors (Lipinski definition) is 2. The molecule has 3 atom stereocenters. The van der Waals surface area contributed by atoms with Gasteiger partial charge in [0.2, 0.25) is 0 Å². The van der Waals surface area contributed by atoms with E-state index in [9.17, 15) is 5.11 Å². The van der Waals surface area contributed by atoms with Gasteiger partial charge in [-0.1, -0.05) is 13.8 Å². The van der Waals surface area contributed by atoms with Gasteiger partial charge in [-0.3, -0.25) is 0 Å². The molecular weight excluding hydrogens is 268 g/mol. The highest BCUT2D eigenvalue weighted by Crippen LogP contribution is 2.40. The van der Waals surface area contributed by atoms with Gasteiger partial charge in [0.1, 0.15) is 11.9 Å². The molecule has 1 fully saturated rings. The number of hydrogen-bond donors (Lipinski definition) is 1. The Balaban J connectivity index is 2.06. The molecule has 1 aromatic heterocycles. The lowest BCUT2D eigenvalue weighted by atomic mass is 9.74. The molecule has 2 nitrogen and oxygen atoms in total. The molecule has 3 unspecified atom stereocenters. The van der Waals surface area contributed by atoms with Gasteiger partial charge in [-0.2, -0.15) is 0 Å². The van der Waals surface area contributed by atoms with Gasteiger partial charge in [-0.05, 0) is 65.1 Å². The summed E-state index contributed by atoms with van der Waals surface area (Å²) in [5.74, 6) is 2.46. The van der Waals surface area contributed by atoms with Crippen LogP contribution in [-0.2, 0) is 0 Å². The first-order valence-corrected chi connectivity index (χ1v) is 6.79. The maximum absolute atomic E-state index is 10.3. The van der Waals surface area contributed by atoms with Crippen LogP contribution in [0.5, 0.6) is 0 Å². The van der Waals surface area contributed by atoms with Crippen molar-refractivity contribution >= 4 is 15.9 Å². The molecule has 3 heteroatoms. The van der Waals surface area contributed by atoms with Gasteiger partial charge in [0.25, 0.3) is 0 Å². The van der Waals surface area contributed by atoms with Crippen LogP contribution in [0, 0.1) is 17.8 Å². The Bertz CT molecular complexity index is 337. The molecule has 0 aliphatic heterocycles. The fourth-order valence-electron chi connectivity index (χ4n) is 2.99. The third-order valence-corrected chi connectivity index (χ3v) is 3.97. The second-order valence-electron chi connectivity index (χ2n) is 5.26. The predicted molar refractivity (Wildman–Crippen MR) is 67.0 cm³/mol. The van der Waals surface area contributed by atoms with E-state index >= 15 is 0 Å². The standard InChI is InChI=1S/C13H19BrO2/c1-8-5-9(2)7-10(6-8)13(15)11-3-4-12(14)16-11/h3-4,8-10,13,15H,5-7H2,1-2H3. The lowest BCUT2D eigenvalue weighted by Gasteiger charge is -2.33. The minimum absolute atomic E-state index is 0.344. The number of aliphatic hydroxyl groups is 1. The maximum atomic E-state index is 10.3. The van der Waals surface area contributed by atoms with Crippen LogP contribution in [0.1, 0.15) is 45.0 Å². The summed E-state index contributed by atoms with van der Waals surface area (Å²) in [5, 5.41) is 10.3. The van der Waals surface area contributed by atoms with Gasteiger partial charge in [-0.15, -0.1) is 0 Å². The predicted octanol–water partition coefficient (Wildman–Crippen LogP) is 4.15. The molecule has 1 aromatic rings. The molecule has 1 heterocycles. The van der Waals surface area contributed by atoms with E-state index in [1.165, 1.54) is 6.42 Å². The lowest BCUT2D eigenvalue weighted by molar-refractivity contribution is 0.0391. The van der Waals surface area contributed by atoms with Gasteiger partial charge in [0, 0.05) is 0 Å². The lowest BCUT2D eigenvalue weighted by Crippen LogP contribution is -2.24. The van der Waals surface area contributed by atoms with E-state index in [1.807, 2.05) is 12.1 Å². The molecule has 0 aromatic carbocycles. The van der Waals surface area contributed by atoms with Crippen molar-refractivity contribution in [3.8, 4) is 0 Å². The van der Waals surface area contributed by atoms with Crippen LogP contribution in [0.15, 0.2) is 21.2 Å². The Hall–Kier alpha value is -0.280. The summed E-state index contributed by atoms with van der Waals surface area (Å²) in [6.45, 7) is 4.54. The Labute approximate surface area is 105 Å². The summed E-state index contributed by atoms with van der Waals surface area (Å²) in [7, 11) is 0. The fraction of sp³-hybridized carbons (Fsp3) is 0.692. The van der Waals surface area contributed by atoms with Gasteiger partial charge >= 0.3 is 0 Å². The molecule has 0 radical (unpaired) electrons. The Morgan fingerprint density at radius 2 is 1.88 bits per heavy atom. The Morgan fingerprint density at radius 1 is 1.25 bits per heavy atom. The van der Waals surface area contributed by atoms with E-state index in [-0.39, 0.29) is 0 Å². The largest absolute Gasteiger partial charge is 0.452 e. The van der Waals surface area contributed by atoms with Crippen LogP contribution in [0.25, 0.3) is 0 Å². The average Bonchev–Trinajstić information content (AvgIpc) is 2.62. The molecule has 1 aliphatic rings. The smallest absolute Gasteiger partial charge is 0.169 e. The van der Waals surface area contributed by atoms with Crippen molar-refractivity contribution in [3.05, 3.63) is 22.6 Å². The third-order valence-electron chi connectivity index (χ3n) is 3.55. The maximum Gasteiger partial charge on any atom is 0.169 e. The molecule has 0 amide bonds. The minimum atomic E-state index is -0.448. The SMILES string of the molecule is CC1CC(C)CC(C(O)c2ccc(Br)o2)C1. The molecule has 1 aliphatic carbocycles. The molecule has 1 saturated carbocycles. The number of rotatable bonds is 2. The summed E-state index contributed by atoms with van der Waals surface area (Å²) in [6.07, 6.45) is 3.04. The molecule has 1 N–H and O–H groups in total.